The molecule has 2 rings (SSSR count). The van der Waals surface area contributed by atoms with Gasteiger partial charge in [-0.2, -0.15) is 0 Å². The van der Waals surface area contributed by atoms with Crippen LogP contribution in [0.4, 0.5) is 11.4 Å². The van der Waals surface area contributed by atoms with Gasteiger partial charge in [0.2, 0.25) is 20.0 Å². The van der Waals surface area contributed by atoms with Crippen LogP contribution >= 0.6 is 0 Å². The number of sulfonamides is 2. The molecule has 0 aliphatic heterocycles. The van der Waals surface area contributed by atoms with Gasteiger partial charge in [-0.1, -0.05) is 18.2 Å². The second-order valence-corrected chi connectivity index (χ2v) is 10.00. The average Bonchev–Trinajstić information content (AvgIpc) is 2.55. The van der Waals surface area contributed by atoms with Crippen LogP contribution in [0.25, 0.3) is 0 Å². The first-order valence-corrected chi connectivity index (χ1v) is 10.3. The second kappa shape index (κ2) is 7.12. The van der Waals surface area contributed by atoms with Crippen molar-refractivity contribution in [3.63, 3.8) is 0 Å². The van der Waals surface area contributed by atoms with Crippen molar-refractivity contribution in [1.82, 2.24) is 8.61 Å². The molecular formula is C16H21N3O4S2. The lowest BCUT2D eigenvalue weighted by Gasteiger charge is -2.18. The molecule has 0 aromatic heterocycles. The van der Waals surface area contributed by atoms with E-state index >= 15 is 0 Å². The highest BCUT2D eigenvalue weighted by Crippen LogP contribution is 2.30. The lowest BCUT2D eigenvalue weighted by atomic mass is 10.2. The predicted molar refractivity (Wildman–Crippen MR) is 97.9 cm³/mol. The van der Waals surface area contributed by atoms with Gasteiger partial charge in [0.25, 0.3) is 0 Å². The SMILES string of the molecule is CN(C)S(=O)(=O)c1ccc(Nc2ccccc2)c(S(=O)(=O)N(C)C)c1. The predicted octanol–water partition coefficient (Wildman–Crippen LogP) is 1.93. The molecule has 25 heavy (non-hydrogen) atoms. The van der Waals surface area contributed by atoms with E-state index in [0.717, 1.165) is 8.61 Å². The Morgan fingerprint density at radius 2 is 1.32 bits per heavy atom. The van der Waals surface area contributed by atoms with Gasteiger partial charge in [-0.3, -0.25) is 0 Å². The van der Waals surface area contributed by atoms with E-state index in [0.29, 0.717) is 11.4 Å². The Labute approximate surface area is 149 Å². The van der Waals surface area contributed by atoms with Crippen LogP contribution in [0.1, 0.15) is 0 Å². The number of nitrogens with one attached hydrogen (secondary N) is 1. The Morgan fingerprint density at radius 3 is 1.84 bits per heavy atom. The minimum atomic E-state index is -3.85. The summed E-state index contributed by atoms with van der Waals surface area (Å²) in [6, 6.07) is 13.1. The van der Waals surface area contributed by atoms with Crippen molar-refractivity contribution in [1.29, 1.82) is 0 Å². The molecule has 0 bridgehead atoms. The molecule has 0 saturated heterocycles. The fourth-order valence-electron chi connectivity index (χ4n) is 2.06. The molecule has 0 heterocycles. The van der Waals surface area contributed by atoms with Crippen LogP contribution in [0.15, 0.2) is 58.3 Å². The van der Waals surface area contributed by atoms with E-state index in [1.807, 2.05) is 18.2 Å². The largest absolute Gasteiger partial charge is 0.354 e. The molecular weight excluding hydrogens is 362 g/mol. The summed E-state index contributed by atoms with van der Waals surface area (Å²) < 4.78 is 52.1. The maximum atomic E-state index is 12.7. The van der Waals surface area contributed by atoms with Gasteiger partial charge in [-0.15, -0.1) is 0 Å². The molecule has 0 unspecified atom stereocenters. The van der Waals surface area contributed by atoms with E-state index in [1.165, 1.54) is 46.4 Å². The van der Waals surface area contributed by atoms with E-state index in [1.54, 1.807) is 12.1 Å². The highest BCUT2D eigenvalue weighted by molar-refractivity contribution is 7.90. The summed E-state index contributed by atoms with van der Waals surface area (Å²) in [5, 5.41) is 3.03. The molecule has 2 aromatic carbocycles. The van der Waals surface area contributed by atoms with Gasteiger partial charge < -0.3 is 5.32 Å². The van der Waals surface area contributed by atoms with Gasteiger partial charge in [0, 0.05) is 33.9 Å². The Kier molecular flexibility index (Phi) is 5.52. The van der Waals surface area contributed by atoms with Crippen LogP contribution in [0, 0.1) is 0 Å². The monoisotopic (exact) mass is 383 g/mol. The van der Waals surface area contributed by atoms with Gasteiger partial charge in [-0.05, 0) is 30.3 Å². The quantitative estimate of drug-likeness (QED) is 0.824. The molecule has 0 aliphatic carbocycles. The molecule has 2 aromatic rings. The summed E-state index contributed by atoms with van der Waals surface area (Å²) >= 11 is 0. The van der Waals surface area contributed by atoms with E-state index in [2.05, 4.69) is 5.32 Å². The summed E-state index contributed by atoms with van der Waals surface area (Å²) in [6.45, 7) is 0. The number of hydrogen-bond donors (Lipinski definition) is 1. The molecule has 9 heteroatoms. The Balaban J connectivity index is 2.65. The number of nitrogens with zero attached hydrogens (tertiary/aromatic N) is 2. The molecule has 0 saturated carbocycles. The van der Waals surface area contributed by atoms with Crippen LogP contribution in [0.2, 0.25) is 0 Å². The third-order valence-corrected chi connectivity index (χ3v) is 7.21. The van der Waals surface area contributed by atoms with Gasteiger partial charge in [0.05, 0.1) is 10.6 Å². The van der Waals surface area contributed by atoms with E-state index < -0.39 is 20.0 Å². The first-order valence-electron chi connectivity index (χ1n) is 7.38. The first-order chi connectivity index (χ1) is 11.6. The minimum Gasteiger partial charge on any atom is -0.354 e. The van der Waals surface area contributed by atoms with Gasteiger partial charge in [0.1, 0.15) is 4.90 Å². The Hall–Kier alpha value is -1.94. The van der Waals surface area contributed by atoms with Crippen LogP contribution in [-0.4, -0.2) is 53.6 Å². The van der Waals surface area contributed by atoms with Crippen molar-refractivity contribution in [2.45, 2.75) is 9.79 Å². The topological polar surface area (TPSA) is 86.8 Å². The van der Waals surface area contributed by atoms with Gasteiger partial charge in [0.15, 0.2) is 0 Å². The number of rotatable bonds is 6. The maximum absolute atomic E-state index is 12.7. The van der Waals surface area contributed by atoms with Crippen molar-refractivity contribution in [3.05, 3.63) is 48.5 Å². The summed E-state index contributed by atoms with van der Waals surface area (Å²) in [6.07, 6.45) is 0. The average molecular weight is 383 g/mol. The summed E-state index contributed by atoms with van der Waals surface area (Å²) in [5.74, 6) is 0. The normalized spacial score (nSPS) is 12.6. The molecule has 0 aliphatic rings. The lowest BCUT2D eigenvalue weighted by molar-refractivity contribution is 0.518. The summed E-state index contributed by atoms with van der Waals surface area (Å²) in [7, 11) is -2.02. The molecule has 0 radical (unpaired) electrons. The molecule has 7 nitrogen and oxygen atoms in total. The third-order valence-electron chi connectivity index (χ3n) is 3.54. The van der Waals surface area contributed by atoms with Crippen molar-refractivity contribution in [2.75, 3.05) is 33.5 Å². The Bertz CT molecular complexity index is 954. The summed E-state index contributed by atoms with van der Waals surface area (Å²) in [4.78, 5) is -0.194. The van der Waals surface area contributed by atoms with Crippen molar-refractivity contribution in [3.8, 4) is 0 Å². The zero-order valence-electron chi connectivity index (χ0n) is 14.5. The lowest BCUT2D eigenvalue weighted by Crippen LogP contribution is -2.25. The number of anilines is 2. The highest BCUT2D eigenvalue weighted by Gasteiger charge is 2.26. The van der Waals surface area contributed by atoms with Crippen LogP contribution in [-0.2, 0) is 20.0 Å². The standard InChI is InChI=1S/C16H21N3O4S2/c1-18(2)24(20,21)14-10-11-15(17-13-8-6-5-7-9-13)16(12-14)25(22,23)19(3)4/h5-12,17H,1-4H3. The highest BCUT2D eigenvalue weighted by atomic mass is 32.2. The van der Waals surface area contributed by atoms with Crippen molar-refractivity contribution >= 4 is 31.4 Å². The fourth-order valence-corrected chi connectivity index (χ4v) is 4.13. The third kappa shape index (κ3) is 4.01. The number of para-hydroxylation sites is 1. The molecule has 136 valence electrons. The fraction of sp³-hybridized carbons (Fsp3) is 0.250. The maximum Gasteiger partial charge on any atom is 0.244 e. The molecule has 0 fully saturated rings. The van der Waals surface area contributed by atoms with Crippen LogP contribution in [0.5, 0.6) is 0 Å². The van der Waals surface area contributed by atoms with Crippen LogP contribution in [0.3, 0.4) is 0 Å². The number of hydrogen-bond acceptors (Lipinski definition) is 5. The van der Waals surface area contributed by atoms with Crippen LogP contribution < -0.4 is 5.32 Å². The van der Waals surface area contributed by atoms with Crippen molar-refractivity contribution < 1.29 is 16.8 Å². The molecule has 1 N–H and O–H groups in total. The summed E-state index contributed by atoms with van der Waals surface area (Å²) in [5.41, 5.74) is 0.999. The first kappa shape index (κ1) is 19.4. The zero-order valence-corrected chi connectivity index (χ0v) is 16.1. The minimum absolute atomic E-state index is 0.0865. The second-order valence-electron chi connectivity index (χ2n) is 5.72. The van der Waals surface area contributed by atoms with E-state index in [9.17, 15) is 16.8 Å². The van der Waals surface area contributed by atoms with Crippen molar-refractivity contribution in [2.24, 2.45) is 0 Å². The van der Waals surface area contributed by atoms with Gasteiger partial charge in [-0.25, -0.2) is 25.4 Å². The molecule has 0 atom stereocenters. The molecule has 0 spiro atoms. The Morgan fingerprint density at radius 1 is 0.760 bits per heavy atom. The number of benzene rings is 2. The van der Waals surface area contributed by atoms with E-state index in [4.69, 9.17) is 0 Å². The van der Waals surface area contributed by atoms with E-state index in [-0.39, 0.29) is 9.79 Å². The van der Waals surface area contributed by atoms with Gasteiger partial charge >= 0.3 is 0 Å². The molecule has 0 amide bonds. The smallest absolute Gasteiger partial charge is 0.244 e. The zero-order chi connectivity index (χ0) is 18.8.